The maximum absolute atomic E-state index is 13.3. The average molecular weight is 413 g/mol. The molecule has 0 saturated carbocycles. The number of aliphatic imine (C=N–C) groups is 1. The van der Waals surface area contributed by atoms with Crippen LogP contribution in [-0.4, -0.2) is 72.4 Å². The fourth-order valence-electron chi connectivity index (χ4n) is 3.51. The normalized spacial score (nSPS) is 18.0. The topological polar surface area (TPSA) is 108 Å². The lowest BCUT2D eigenvalue weighted by molar-refractivity contribution is 0.00169. The number of nitrogens with zero attached hydrogens (tertiary/aromatic N) is 5. The highest BCUT2D eigenvalue weighted by Crippen LogP contribution is 2.43. The molecule has 2 aliphatic rings. The second kappa shape index (κ2) is 7.94. The Morgan fingerprint density at radius 2 is 2.07 bits per heavy atom. The Kier molecular flexibility index (Phi) is 5.70. The first-order valence-electron chi connectivity index (χ1n) is 9.85. The van der Waals surface area contributed by atoms with Crippen LogP contribution in [0.5, 0.6) is 5.75 Å². The summed E-state index contributed by atoms with van der Waals surface area (Å²) in [6.07, 6.45) is 3.51. The van der Waals surface area contributed by atoms with Gasteiger partial charge in [0.1, 0.15) is 29.5 Å². The molecule has 3 rings (SSSR count). The monoisotopic (exact) mass is 413 g/mol. The van der Waals surface area contributed by atoms with E-state index in [2.05, 4.69) is 16.0 Å². The van der Waals surface area contributed by atoms with Crippen LogP contribution in [0.2, 0.25) is 0 Å². The Hall–Kier alpha value is -3.15. The van der Waals surface area contributed by atoms with Gasteiger partial charge in [0, 0.05) is 27.2 Å². The number of carbonyl (C=O) groups is 2. The third-order valence-corrected chi connectivity index (χ3v) is 5.12. The highest BCUT2D eigenvalue weighted by atomic mass is 16.6. The molecule has 0 N–H and O–H groups in total. The molecular weight excluding hydrogens is 386 g/mol. The van der Waals surface area contributed by atoms with Gasteiger partial charge in [-0.15, -0.1) is 0 Å². The lowest BCUT2D eigenvalue weighted by Crippen LogP contribution is -2.51. The van der Waals surface area contributed by atoms with Crippen LogP contribution in [0.4, 0.5) is 10.5 Å². The van der Waals surface area contributed by atoms with E-state index in [1.807, 2.05) is 34.9 Å². The van der Waals surface area contributed by atoms with E-state index >= 15 is 0 Å². The third-order valence-electron chi connectivity index (χ3n) is 5.12. The van der Waals surface area contributed by atoms with E-state index in [4.69, 9.17) is 9.47 Å². The number of ketones is 1. The molecule has 30 heavy (non-hydrogen) atoms. The van der Waals surface area contributed by atoms with Gasteiger partial charge in [0.25, 0.3) is 0 Å². The van der Waals surface area contributed by atoms with Crippen molar-refractivity contribution in [2.45, 2.75) is 39.2 Å². The van der Waals surface area contributed by atoms with Crippen molar-refractivity contribution in [1.82, 2.24) is 14.8 Å². The zero-order valence-corrected chi connectivity index (χ0v) is 18.1. The van der Waals surface area contributed by atoms with Gasteiger partial charge in [-0.05, 0) is 33.6 Å². The Morgan fingerprint density at radius 1 is 1.40 bits per heavy atom. The first kappa shape index (κ1) is 21.6. The molecule has 0 unspecified atom stereocenters. The summed E-state index contributed by atoms with van der Waals surface area (Å²) in [5, 5.41) is 9.60. The standard InChI is InChI=1S/C21H27N5O4/c1-20(2,3)30-19(28)26-8-6-21(7-9-26)12-29-17-14(10-22)15(24-13-25(4)5)11-23-16(17)18(21)27/h11,13H,6-9,12H2,1-5H3. The van der Waals surface area contributed by atoms with Crippen molar-refractivity contribution in [3.05, 3.63) is 17.5 Å². The Labute approximate surface area is 176 Å². The number of aromatic nitrogens is 1. The van der Waals surface area contributed by atoms with Crippen molar-refractivity contribution in [2.24, 2.45) is 10.4 Å². The number of hydrogen-bond acceptors (Lipinski definition) is 7. The molecule has 1 saturated heterocycles. The van der Waals surface area contributed by atoms with Crippen molar-refractivity contribution in [3.63, 3.8) is 0 Å². The zero-order chi connectivity index (χ0) is 22.1. The molecule has 1 aromatic rings. The molecule has 1 aromatic heterocycles. The van der Waals surface area contributed by atoms with Crippen LogP contribution in [0.15, 0.2) is 11.2 Å². The summed E-state index contributed by atoms with van der Waals surface area (Å²) in [5.74, 6) is 0.0448. The van der Waals surface area contributed by atoms with Crippen LogP contribution in [0, 0.1) is 16.7 Å². The minimum Gasteiger partial charge on any atom is -0.489 e. The largest absolute Gasteiger partial charge is 0.489 e. The Balaban J connectivity index is 1.80. The summed E-state index contributed by atoms with van der Waals surface area (Å²) in [7, 11) is 3.63. The summed E-state index contributed by atoms with van der Waals surface area (Å²) in [5.41, 5.74) is -0.604. The predicted molar refractivity (Wildman–Crippen MR) is 110 cm³/mol. The van der Waals surface area contributed by atoms with E-state index in [0.717, 1.165) is 0 Å². The number of ether oxygens (including phenoxy) is 2. The lowest BCUT2D eigenvalue weighted by Gasteiger charge is -2.42. The number of likely N-dealkylation sites (tertiary alicyclic amines) is 1. The molecule has 2 aliphatic heterocycles. The number of piperidine rings is 1. The van der Waals surface area contributed by atoms with E-state index < -0.39 is 11.0 Å². The maximum atomic E-state index is 13.3. The molecule has 160 valence electrons. The smallest absolute Gasteiger partial charge is 0.410 e. The van der Waals surface area contributed by atoms with E-state index in [-0.39, 0.29) is 35.5 Å². The number of rotatable bonds is 2. The fourth-order valence-corrected chi connectivity index (χ4v) is 3.51. The molecule has 1 fully saturated rings. The van der Waals surface area contributed by atoms with Gasteiger partial charge in [-0.2, -0.15) is 5.26 Å². The molecule has 1 amide bonds. The van der Waals surface area contributed by atoms with Gasteiger partial charge in [0.15, 0.2) is 17.2 Å². The predicted octanol–water partition coefficient (Wildman–Crippen LogP) is 2.77. The number of nitriles is 1. The molecule has 3 heterocycles. The van der Waals surface area contributed by atoms with Crippen molar-refractivity contribution < 1.29 is 19.1 Å². The summed E-state index contributed by atoms with van der Waals surface area (Å²) in [6, 6.07) is 2.08. The molecule has 9 heteroatoms. The quantitative estimate of drug-likeness (QED) is 0.542. The summed E-state index contributed by atoms with van der Waals surface area (Å²) in [4.78, 5) is 37.5. The number of fused-ring (bicyclic) bond motifs is 1. The Bertz CT molecular complexity index is 919. The van der Waals surface area contributed by atoms with Crippen LogP contribution in [0.25, 0.3) is 0 Å². The van der Waals surface area contributed by atoms with Crippen molar-refractivity contribution in [3.8, 4) is 11.8 Å². The summed E-state index contributed by atoms with van der Waals surface area (Å²) >= 11 is 0. The van der Waals surface area contributed by atoms with Crippen molar-refractivity contribution in [2.75, 3.05) is 33.8 Å². The highest BCUT2D eigenvalue weighted by molar-refractivity contribution is 6.03. The second-order valence-electron chi connectivity index (χ2n) is 8.88. The van der Waals surface area contributed by atoms with Gasteiger partial charge >= 0.3 is 6.09 Å². The van der Waals surface area contributed by atoms with E-state index in [9.17, 15) is 14.9 Å². The van der Waals surface area contributed by atoms with Crippen LogP contribution in [0.1, 0.15) is 49.7 Å². The first-order chi connectivity index (χ1) is 14.1. The summed E-state index contributed by atoms with van der Waals surface area (Å²) < 4.78 is 11.3. The van der Waals surface area contributed by atoms with E-state index in [0.29, 0.717) is 31.6 Å². The van der Waals surface area contributed by atoms with Crippen molar-refractivity contribution in [1.29, 1.82) is 5.26 Å². The molecule has 0 aliphatic carbocycles. The number of hydrogen-bond donors (Lipinski definition) is 0. The second-order valence-corrected chi connectivity index (χ2v) is 8.88. The van der Waals surface area contributed by atoms with Gasteiger partial charge in [-0.25, -0.2) is 14.8 Å². The average Bonchev–Trinajstić information content (AvgIpc) is 2.68. The zero-order valence-electron chi connectivity index (χ0n) is 18.1. The van der Waals surface area contributed by atoms with Gasteiger partial charge in [0.05, 0.1) is 18.0 Å². The SMILES string of the molecule is CN(C)C=Nc1cnc2c(c1C#N)OCC1(CCN(C(=O)OC(C)(C)C)CC1)C2=O. The third kappa shape index (κ3) is 4.22. The van der Waals surface area contributed by atoms with E-state index in [1.54, 1.807) is 16.1 Å². The molecule has 0 radical (unpaired) electrons. The molecule has 0 atom stereocenters. The lowest BCUT2D eigenvalue weighted by atomic mass is 9.73. The minimum atomic E-state index is -0.750. The number of amides is 1. The molecule has 1 spiro atoms. The highest BCUT2D eigenvalue weighted by Gasteiger charge is 2.48. The van der Waals surface area contributed by atoms with Gasteiger partial charge in [-0.1, -0.05) is 0 Å². The Morgan fingerprint density at radius 3 is 2.63 bits per heavy atom. The van der Waals surface area contributed by atoms with Crippen LogP contribution >= 0.6 is 0 Å². The molecule has 9 nitrogen and oxygen atoms in total. The first-order valence-corrected chi connectivity index (χ1v) is 9.85. The number of Topliss-reactive ketones (excluding diaryl/α,β-unsaturated/α-hetero) is 1. The van der Waals surface area contributed by atoms with Gasteiger partial charge in [-0.3, -0.25) is 4.79 Å². The summed E-state index contributed by atoms with van der Waals surface area (Å²) in [6.45, 7) is 6.41. The fraction of sp³-hybridized carbons (Fsp3) is 0.571. The molecular formula is C21H27N5O4. The van der Waals surface area contributed by atoms with E-state index in [1.165, 1.54) is 6.20 Å². The van der Waals surface area contributed by atoms with Gasteiger partial charge in [0.2, 0.25) is 0 Å². The van der Waals surface area contributed by atoms with Crippen LogP contribution in [0.3, 0.4) is 0 Å². The van der Waals surface area contributed by atoms with Crippen LogP contribution < -0.4 is 4.74 Å². The number of carbonyl (C=O) groups excluding carboxylic acids is 2. The van der Waals surface area contributed by atoms with Crippen LogP contribution in [-0.2, 0) is 4.74 Å². The van der Waals surface area contributed by atoms with Crippen molar-refractivity contribution >= 4 is 23.9 Å². The molecule has 0 bridgehead atoms. The van der Waals surface area contributed by atoms with Gasteiger partial charge < -0.3 is 19.3 Å². The maximum Gasteiger partial charge on any atom is 0.410 e. The molecule has 0 aromatic carbocycles. The number of pyridine rings is 1. The minimum absolute atomic E-state index is 0.146.